The summed E-state index contributed by atoms with van der Waals surface area (Å²) >= 11 is 0. The van der Waals surface area contributed by atoms with E-state index >= 15 is 0 Å². The number of nitrogens with zero attached hydrogens (tertiary/aromatic N) is 6. The van der Waals surface area contributed by atoms with E-state index in [1.165, 1.54) is 18.5 Å². The predicted molar refractivity (Wildman–Crippen MR) is 108 cm³/mol. The van der Waals surface area contributed by atoms with Crippen LogP contribution in [0.4, 0.5) is 16.0 Å². The van der Waals surface area contributed by atoms with Crippen LogP contribution in [0.15, 0.2) is 48.9 Å². The van der Waals surface area contributed by atoms with Crippen molar-refractivity contribution in [2.45, 2.75) is 13.3 Å². The summed E-state index contributed by atoms with van der Waals surface area (Å²) in [6, 6.07) is 11.9. The highest BCUT2D eigenvalue weighted by molar-refractivity contribution is 5.77. The lowest BCUT2D eigenvalue weighted by molar-refractivity contribution is 0.629. The van der Waals surface area contributed by atoms with E-state index in [0.717, 1.165) is 23.5 Å². The molecule has 0 saturated heterocycles. The van der Waals surface area contributed by atoms with Crippen molar-refractivity contribution < 1.29 is 4.39 Å². The number of anilines is 2. The van der Waals surface area contributed by atoms with Gasteiger partial charge in [-0.2, -0.15) is 5.26 Å². The van der Waals surface area contributed by atoms with Gasteiger partial charge in [-0.15, -0.1) is 0 Å². The van der Waals surface area contributed by atoms with Crippen LogP contribution in [-0.4, -0.2) is 24.9 Å². The van der Waals surface area contributed by atoms with E-state index in [9.17, 15) is 4.39 Å². The molecule has 0 amide bonds. The lowest BCUT2D eigenvalue weighted by Gasteiger charge is -2.07. The maximum atomic E-state index is 13.3. The largest absolute Gasteiger partial charge is 0.382 e. The molecule has 4 rings (SSSR count). The topological polar surface area (TPSA) is 140 Å². The van der Waals surface area contributed by atoms with Crippen molar-refractivity contribution in [3.63, 3.8) is 0 Å². The summed E-state index contributed by atoms with van der Waals surface area (Å²) in [6.45, 7) is 2.02. The smallest absolute Gasteiger partial charge is 0.146 e. The van der Waals surface area contributed by atoms with Crippen LogP contribution in [0.5, 0.6) is 0 Å². The minimum Gasteiger partial charge on any atom is -0.382 e. The molecule has 29 heavy (non-hydrogen) atoms. The molecule has 4 aromatic rings. The van der Waals surface area contributed by atoms with Gasteiger partial charge in [0.05, 0.1) is 22.4 Å². The molecule has 0 aliphatic heterocycles. The number of fused-ring (bicyclic) bond motifs is 1. The van der Waals surface area contributed by atoms with Crippen molar-refractivity contribution in [2.24, 2.45) is 0 Å². The Hall–Kier alpha value is -4.19. The molecule has 9 heteroatoms. The molecular formula is C20H17FN8. The fraction of sp³-hybridized carbons (Fsp3) is 0.100. The van der Waals surface area contributed by atoms with Crippen LogP contribution >= 0.6 is 0 Å². The minimum absolute atomic E-state index is 0.120. The second-order valence-corrected chi connectivity index (χ2v) is 5.85. The van der Waals surface area contributed by atoms with Crippen LogP contribution in [0, 0.1) is 17.1 Å². The molecule has 8 nitrogen and oxygen atoms in total. The summed E-state index contributed by atoms with van der Waals surface area (Å²) in [5, 5.41) is 8.41. The molecule has 0 unspecified atom stereocenters. The number of halogens is 1. The maximum Gasteiger partial charge on any atom is 0.146 e. The zero-order valence-corrected chi connectivity index (χ0v) is 15.5. The van der Waals surface area contributed by atoms with Gasteiger partial charge >= 0.3 is 0 Å². The number of pyridine rings is 1. The number of hydrogen-bond acceptors (Lipinski definition) is 8. The van der Waals surface area contributed by atoms with Gasteiger partial charge in [-0.25, -0.2) is 24.3 Å². The Morgan fingerprint density at radius 2 is 1.76 bits per heavy atom. The molecule has 3 heterocycles. The third-order valence-corrected chi connectivity index (χ3v) is 3.96. The average molecular weight is 388 g/mol. The van der Waals surface area contributed by atoms with Gasteiger partial charge < -0.3 is 11.5 Å². The first-order valence-corrected chi connectivity index (χ1v) is 8.67. The number of hydrogen-bond donors (Lipinski definition) is 2. The fourth-order valence-electron chi connectivity index (χ4n) is 2.55. The Morgan fingerprint density at radius 1 is 1.00 bits per heavy atom. The Kier molecular flexibility index (Phi) is 5.85. The van der Waals surface area contributed by atoms with Crippen LogP contribution in [0.2, 0.25) is 0 Å². The van der Waals surface area contributed by atoms with Crippen LogP contribution in [0.1, 0.15) is 18.2 Å². The zero-order chi connectivity index (χ0) is 20.8. The third-order valence-electron chi connectivity index (χ3n) is 3.96. The Morgan fingerprint density at radius 3 is 2.34 bits per heavy atom. The van der Waals surface area contributed by atoms with Crippen LogP contribution in [0.3, 0.4) is 0 Å². The van der Waals surface area contributed by atoms with Crippen LogP contribution in [0.25, 0.3) is 22.4 Å². The van der Waals surface area contributed by atoms with E-state index in [2.05, 4.69) is 24.9 Å². The molecule has 0 fully saturated rings. The lowest BCUT2D eigenvalue weighted by Crippen LogP contribution is -2.01. The first-order chi connectivity index (χ1) is 14.0. The molecule has 144 valence electrons. The van der Waals surface area contributed by atoms with Crippen molar-refractivity contribution >= 4 is 22.7 Å². The summed E-state index contributed by atoms with van der Waals surface area (Å²) in [5.41, 5.74) is 14.3. The van der Waals surface area contributed by atoms with Gasteiger partial charge in [0.1, 0.15) is 41.1 Å². The first-order valence-electron chi connectivity index (χ1n) is 8.67. The third kappa shape index (κ3) is 4.39. The number of aryl methyl sites for hydroxylation is 1. The van der Waals surface area contributed by atoms with Crippen molar-refractivity contribution in [2.75, 3.05) is 11.5 Å². The molecule has 3 aromatic heterocycles. The Bertz CT molecular complexity index is 1170. The zero-order valence-electron chi connectivity index (χ0n) is 15.5. The highest BCUT2D eigenvalue weighted by Crippen LogP contribution is 2.22. The summed E-state index contributed by atoms with van der Waals surface area (Å²) in [7, 11) is 0. The minimum atomic E-state index is -0.307. The number of rotatable bonds is 2. The highest BCUT2D eigenvalue weighted by Gasteiger charge is 2.11. The molecule has 0 radical (unpaired) electrons. The molecular weight excluding hydrogens is 371 g/mol. The van der Waals surface area contributed by atoms with Crippen molar-refractivity contribution in [1.29, 1.82) is 5.26 Å². The monoisotopic (exact) mass is 388 g/mol. The van der Waals surface area contributed by atoms with Gasteiger partial charge in [-0.05, 0) is 30.7 Å². The SMILES string of the molecule is CCc1nc2ccc(F)cc2nc1-c1ccccn1.N#Cc1c(N)ncnc1N. The van der Waals surface area contributed by atoms with Crippen molar-refractivity contribution in [3.8, 4) is 17.5 Å². The quantitative estimate of drug-likeness (QED) is 0.534. The van der Waals surface area contributed by atoms with Crippen molar-refractivity contribution in [1.82, 2.24) is 24.9 Å². The number of nitriles is 1. The predicted octanol–water partition coefficient (Wildman–Crippen LogP) is 2.91. The van der Waals surface area contributed by atoms with Gasteiger partial charge in [0, 0.05) is 12.3 Å². The lowest BCUT2D eigenvalue weighted by atomic mass is 10.1. The number of nitrogen functional groups attached to an aromatic ring is 2. The second-order valence-electron chi connectivity index (χ2n) is 5.85. The summed E-state index contributed by atoms with van der Waals surface area (Å²) < 4.78 is 13.3. The summed E-state index contributed by atoms with van der Waals surface area (Å²) in [5.74, 6) is -0.0666. The maximum absolute atomic E-state index is 13.3. The molecule has 0 saturated carbocycles. The van der Waals surface area contributed by atoms with Gasteiger partial charge in [-0.3, -0.25) is 4.98 Å². The normalized spacial score (nSPS) is 10.1. The van der Waals surface area contributed by atoms with Crippen molar-refractivity contribution in [3.05, 3.63) is 66.0 Å². The van der Waals surface area contributed by atoms with E-state index in [4.69, 9.17) is 16.7 Å². The molecule has 0 spiro atoms. The van der Waals surface area contributed by atoms with Gasteiger partial charge in [-0.1, -0.05) is 13.0 Å². The second kappa shape index (κ2) is 8.67. The van der Waals surface area contributed by atoms with E-state index in [1.807, 2.05) is 25.1 Å². The molecule has 0 aliphatic rings. The summed E-state index contributed by atoms with van der Waals surface area (Å²) in [4.78, 5) is 20.5. The Balaban J connectivity index is 0.000000204. The molecule has 1 aromatic carbocycles. The first kappa shape index (κ1) is 19.6. The van der Waals surface area contributed by atoms with Crippen LogP contribution in [-0.2, 0) is 6.42 Å². The van der Waals surface area contributed by atoms with E-state index in [0.29, 0.717) is 11.0 Å². The van der Waals surface area contributed by atoms with Gasteiger partial charge in [0.25, 0.3) is 0 Å². The molecule has 4 N–H and O–H groups in total. The molecule has 0 atom stereocenters. The van der Waals surface area contributed by atoms with E-state index < -0.39 is 0 Å². The fourth-order valence-corrected chi connectivity index (χ4v) is 2.55. The standard InChI is InChI=1S/C15H12FN3.C5H5N5/c1-2-11-15(13-5-3-4-8-17-13)19-14-9-10(16)6-7-12(14)18-11;6-1-3-4(7)9-2-10-5(3)8/h3-9H,2H2,1H3;2H,(H4,7,8,9,10). The average Bonchev–Trinajstić information content (AvgIpc) is 2.74. The van der Waals surface area contributed by atoms with Gasteiger partial charge in [0.2, 0.25) is 0 Å². The number of nitrogens with two attached hydrogens (primary N) is 2. The van der Waals surface area contributed by atoms with Gasteiger partial charge in [0.15, 0.2) is 0 Å². The molecule has 0 aliphatic carbocycles. The van der Waals surface area contributed by atoms with E-state index in [-0.39, 0.29) is 23.0 Å². The summed E-state index contributed by atoms with van der Waals surface area (Å²) in [6.07, 6.45) is 3.68. The van der Waals surface area contributed by atoms with E-state index in [1.54, 1.807) is 18.3 Å². The highest BCUT2D eigenvalue weighted by atomic mass is 19.1. The number of benzene rings is 1. The Labute approximate surface area is 166 Å². The number of aromatic nitrogens is 5. The van der Waals surface area contributed by atoms with Crippen LogP contribution < -0.4 is 11.5 Å². The molecule has 0 bridgehead atoms.